The molecular formula is C23H18ClNO4S. The molecule has 1 N–H and O–H groups in total. The van der Waals surface area contributed by atoms with Gasteiger partial charge in [-0.05, 0) is 42.1 Å². The molecule has 0 saturated carbocycles. The third-order valence-electron chi connectivity index (χ3n) is 5.00. The normalized spacial score (nSPS) is 16.3. The number of carbonyl (C=O) groups is 2. The van der Waals surface area contributed by atoms with Gasteiger partial charge in [-0.25, -0.2) is 0 Å². The maximum atomic E-state index is 13.2. The van der Waals surface area contributed by atoms with E-state index in [2.05, 4.69) is 0 Å². The SMILES string of the molecule is COc1ccc(N2C(=O)C(O)=C(C(=O)c3cccs3)[C@H]2c2ccc(C)cc2)cc1Cl. The Kier molecular flexibility index (Phi) is 5.37. The van der Waals surface area contributed by atoms with E-state index >= 15 is 0 Å². The first-order chi connectivity index (χ1) is 14.4. The molecule has 1 amide bonds. The lowest BCUT2D eigenvalue weighted by Gasteiger charge is -2.27. The zero-order chi connectivity index (χ0) is 21.4. The summed E-state index contributed by atoms with van der Waals surface area (Å²) in [5, 5.41) is 12.8. The van der Waals surface area contributed by atoms with E-state index in [-0.39, 0.29) is 11.4 Å². The highest BCUT2D eigenvalue weighted by Gasteiger charge is 2.44. The fraction of sp³-hybridized carbons (Fsp3) is 0.130. The van der Waals surface area contributed by atoms with Gasteiger partial charge in [-0.15, -0.1) is 11.3 Å². The van der Waals surface area contributed by atoms with Crippen LogP contribution in [0.3, 0.4) is 0 Å². The van der Waals surface area contributed by atoms with Crippen LogP contribution in [0.1, 0.15) is 26.8 Å². The highest BCUT2D eigenvalue weighted by Crippen LogP contribution is 2.43. The third kappa shape index (κ3) is 3.38. The van der Waals surface area contributed by atoms with Gasteiger partial charge in [-0.2, -0.15) is 0 Å². The van der Waals surface area contributed by atoms with E-state index in [0.717, 1.165) is 5.56 Å². The standard InChI is InChI=1S/C23H18ClNO4S/c1-13-5-7-14(8-6-13)20-19(21(26)18-4-3-11-30-18)22(27)23(28)25(20)15-9-10-17(29-2)16(24)12-15/h3-12,20,27H,1-2H3/t20-/m1/s1. The van der Waals surface area contributed by atoms with Crippen molar-refractivity contribution in [2.75, 3.05) is 12.0 Å². The summed E-state index contributed by atoms with van der Waals surface area (Å²) in [6.45, 7) is 1.95. The zero-order valence-corrected chi connectivity index (χ0v) is 17.8. The van der Waals surface area contributed by atoms with Gasteiger partial charge in [0.05, 0.1) is 28.6 Å². The largest absolute Gasteiger partial charge is 0.503 e. The van der Waals surface area contributed by atoms with Crippen LogP contribution >= 0.6 is 22.9 Å². The molecule has 5 nitrogen and oxygen atoms in total. The second-order valence-corrected chi connectivity index (χ2v) is 8.23. The van der Waals surface area contributed by atoms with Crippen molar-refractivity contribution in [1.29, 1.82) is 0 Å². The van der Waals surface area contributed by atoms with Crippen LogP contribution in [0.5, 0.6) is 5.75 Å². The number of amides is 1. The number of hydrogen-bond acceptors (Lipinski definition) is 5. The number of benzene rings is 2. The van der Waals surface area contributed by atoms with Gasteiger partial charge in [-0.1, -0.05) is 47.5 Å². The molecule has 1 aliphatic rings. The van der Waals surface area contributed by atoms with E-state index in [1.54, 1.807) is 35.7 Å². The Morgan fingerprint density at radius 3 is 2.50 bits per heavy atom. The molecule has 0 unspecified atom stereocenters. The third-order valence-corrected chi connectivity index (χ3v) is 6.17. The topological polar surface area (TPSA) is 66.8 Å². The zero-order valence-electron chi connectivity index (χ0n) is 16.3. The van der Waals surface area contributed by atoms with Crippen LogP contribution in [0, 0.1) is 6.92 Å². The van der Waals surface area contributed by atoms with Gasteiger partial charge in [0.25, 0.3) is 5.91 Å². The van der Waals surface area contributed by atoms with Gasteiger partial charge < -0.3 is 9.84 Å². The number of anilines is 1. The second kappa shape index (κ2) is 7.97. The first-order valence-corrected chi connectivity index (χ1v) is 10.4. The Morgan fingerprint density at radius 2 is 1.90 bits per heavy atom. The molecule has 1 atom stereocenters. The number of aryl methyl sites for hydroxylation is 1. The molecule has 0 saturated heterocycles. The van der Waals surface area contributed by atoms with Gasteiger partial charge in [0.2, 0.25) is 5.78 Å². The monoisotopic (exact) mass is 439 g/mol. The summed E-state index contributed by atoms with van der Waals surface area (Å²) in [6, 6.07) is 15.1. The number of ether oxygens (including phenoxy) is 1. The average molecular weight is 440 g/mol. The molecule has 0 spiro atoms. The minimum absolute atomic E-state index is 0.0539. The summed E-state index contributed by atoms with van der Waals surface area (Å²) in [6.07, 6.45) is 0. The van der Waals surface area contributed by atoms with E-state index in [9.17, 15) is 14.7 Å². The van der Waals surface area contributed by atoms with E-state index in [0.29, 0.717) is 26.9 Å². The molecule has 2 aromatic carbocycles. The molecule has 4 rings (SSSR count). The summed E-state index contributed by atoms with van der Waals surface area (Å²) in [5.41, 5.74) is 2.27. The number of rotatable bonds is 5. The Balaban J connectivity index is 1.87. The van der Waals surface area contributed by atoms with Gasteiger partial charge in [0, 0.05) is 5.69 Å². The van der Waals surface area contributed by atoms with E-state index in [1.807, 2.05) is 31.2 Å². The summed E-state index contributed by atoms with van der Waals surface area (Å²) < 4.78 is 5.20. The molecule has 0 aliphatic carbocycles. The number of aliphatic hydroxyl groups is 1. The molecule has 2 heterocycles. The molecule has 1 aromatic heterocycles. The van der Waals surface area contributed by atoms with Crippen molar-refractivity contribution in [3.05, 3.63) is 92.3 Å². The van der Waals surface area contributed by atoms with Gasteiger partial charge in [-0.3, -0.25) is 14.5 Å². The highest BCUT2D eigenvalue weighted by molar-refractivity contribution is 7.12. The summed E-state index contributed by atoms with van der Waals surface area (Å²) in [4.78, 5) is 28.2. The fourth-order valence-electron chi connectivity index (χ4n) is 3.51. The average Bonchev–Trinajstić information content (AvgIpc) is 3.36. The molecule has 0 radical (unpaired) electrons. The molecule has 0 fully saturated rings. The van der Waals surface area contributed by atoms with E-state index < -0.39 is 17.7 Å². The van der Waals surface area contributed by atoms with Crippen molar-refractivity contribution in [2.45, 2.75) is 13.0 Å². The van der Waals surface area contributed by atoms with Crippen molar-refractivity contribution < 1.29 is 19.4 Å². The Hall–Kier alpha value is -3.09. The van der Waals surface area contributed by atoms with E-state index in [1.165, 1.54) is 23.3 Å². The van der Waals surface area contributed by atoms with E-state index in [4.69, 9.17) is 16.3 Å². The van der Waals surface area contributed by atoms with Crippen LogP contribution in [-0.2, 0) is 4.79 Å². The van der Waals surface area contributed by atoms with Crippen LogP contribution in [0.15, 0.2) is 71.3 Å². The maximum absolute atomic E-state index is 13.2. The molecule has 3 aromatic rings. The number of thiophene rings is 1. The molecule has 152 valence electrons. The Bertz CT molecular complexity index is 1150. The lowest BCUT2D eigenvalue weighted by molar-refractivity contribution is -0.117. The lowest BCUT2D eigenvalue weighted by atomic mass is 9.94. The van der Waals surface area contributed by atoms with Crippen LogP contribution in [0.4, 0.5) is 5.69 Å². The fourth-order valence-corrected chi connectivity index (χ4v) is 4.44. The summed E-state index contributed by atoms with van der Waals surface area (Å²) in [7, 11) is 1.50. The summed E-state index contributed by atoms with van der Waals surface area (Å²) >= 11 is 7.55. The van der Waals surface area contributed by atoms with Crippen molar-refractivity contribution in [2.24, 2.45) is 0 Å². The first kappa shape index (κ1) is 20.2. The molecule has 0 bridgehead atoms. The van der Waals surface area contributed by atoms with Gasteiger partial charge in [0.1, 0.15) is 5.75 Å². The Morgan fingerprint density at radius 1 is 1.17 bits per heavy atom. The lowest BCUT2D eigenvalue weighted by Crippen LogP contribution is -2.31. The number of nitrogens with zero attached hydrogens (tertiary/aromatic N) is 1. The molecular weight excluding hydrogens is 422 g/mol. The number of hydrogen-bond donors (Lipinski definition) is 1. The number of halogens is 1. The first-order valence-electron chi connectivity index (χ1n) is 9.17. The molecule has 1 aliphatic heterocycles. The second-order valence-electron chi connectivity index (χ2n) is 6.88. The number of carbonyl (C=O) groups excluding carboxylic acids is 2. The van der Waals surface area contributed by atoms with Gasteiger partial charge in [0.15, 0.2) is 5.76 Å². The minimum Gasteiger partial charge on any atom is -0.503 e. The Labute approximate surface area is 182 Å². The molecule has 30 heavy (non-hydrogen) atoms. The van der Waals surface area contributed by atoms with Crippen molar-refractivity contribution in [3.8, 4) is 5.75 Å². The van der Waals surface area contributed by atoms with Crippen LogP contribution in [-0.4, -0.2) is 23.9 Å². The predicted molar refractivity (Wildman–Crippen MR) is 118 cm³/mol. The quantitative estimate of drug-likeness (QED) is 0.533. The smallest absolute Gasteiger partial charge is 0.294 e. The van der Waals surface area contributed by atoms with Crippen LogP contribution < -0.4 is 9.64 Å². The van der Waals surface area contributed by atoms with Crippen LogP contribution in [0.25, 0.3) is 0 Å². The number of Topliss-reactive ketones (excluding diaryl/α,β-unsaturated/α-hetero) is 1. The van der Waals surface area contributed by atoms with Crippen molar-refractivity contribution in [1.82, 2.24) is 0 Å². The van der Waals surface area contributed by atoms with Crippen LogP contribution in [0.2, 0.25) is 5.02 Å². The number of ketones is 1. The summed E-state index contributed by atoms with van der Waals surface area (Å²) in [5.74, 6) is -1.11. The molecule has 7 heteroatoms. The minimum atomic E-state index is -0.780. The number of methoxy groups -OCH3 is 1. The van der Waals surface area contributed by atoms with Crippen molar-refractivity contribution in [3.63, 3.8) is 0 Å². The maximum Gasteiger partial charge on any atom is 0.294 e. The highest BCUT2D eigenvalue weighted by atomic mass is 35.5. The number of aliphatic hydroxyl groups excluding tert-OH is 1. The van der Waals surface area contributed by atoms with Gasteiger partial charge >= 0.3 is 0 Å². The van der Waals surface area contributed by atoms with Crippen molar-refractivity contribution >= 4 is 40.3 Å². The predicted octanol–water partition coefficient (Wildman–Crippen LogP) is 5.50.